The van der Waals surface area contributed by atoms with Gasteiger partial charge in [-0.25, -0.2) is 10.9 Å². The number of anilines is 2. The summed E-state index contributed by atoms with van der Waals surface area (Å²) < 4.78 is 0. The van der Waals surface area contributed by atoms with Crippen LogP contribution in [0.2, 0.25) is 10.0 Å². The van der Waals surface area contributed by atoms with E-state index in [2.05, 4.69) is 21.1 Å². The Bertz CT molecular complexity index is 1240. The van der Waals surface area contributed by atoms with Crippen LogP contribution in [0.1, 0.15) is 20.3 Å². The van der Waals surface area contributed by atoms with Crippen molar-refractivity contribution in [1.29, 1.82) is 0 Å². The van der Waals surface area contributed by atoms with Crippen LogP contribution in [0.25, 0.3) is 0 Å². The van der Waals surface area contributed by atoms with Gasteiger partial charge in [-0.3, -0.25) is 29.0 Å². The van der Waals surface area contributed by atoms with Crippen molar-refractivity contribution >= 4 is 92.1 Å². The molecule has 2 N–H and O–H groups in total. The summed E-state index contributed by atoms with van der Waals surface area (Å²) in [6.07, 6.45) is 0.535. The van der Waals surface area contributed by atoms with Gasteiger partial charge in [-0.1, -0.05) is 67.0 Å². The van der Waals surface area contributed by atoms with E-state index >= 15 is 0 Å². The zero-order valence-electron chi connectivity index (χ0n) is 20.9. The van der Waals surface area contributed by atoms with Crippen LogP contribution in [0.4, 0.5) is 11.4 Å². The molecule has 2 aromatic carbocycles. The number of benzene rings is 2. The Morgan fingerprint density at radius 3 is 1.56 bits per heavy atom. The first-order chi connectivity index (χ1) is 18.7. The quantitative estimate of drug-likeness (QED) is 0.341. The van der Waals surface area contributed by atoms with Gasteiger partial charge in [0.1, 0.15) is 5.92 Å². The first kappa shape index (κ1) is 28.9. The number of halogens is 2. The summed E-state index contributed by atoms with van der Waals surface area (Å²) in [5.41, 5.74) is 6.01. The van der Waals surface area contributed by atoms with Gasteiger partial charge < -0.3 is 0 Å². The number of hydrogen-bond donors (Lipinski definition) is 2. The molecule has 0 spiro atoms. The van der Waals surface area contributed by atoms with Crippen LogP contribution in [0.3, 0.4) is 0 Å². The third-order valence-corrected chi connectivity index (χ3v) is 8.35. The van der Waals surface area contributed by atoms with Gasteiger partial charge in [-0.05, 0) is 54.4 Å². The zero-order chi connectivity index (χ0) is 28.1. The highest BCUT2D eigenvalue weighted by Gasteiger charge is 2.35. The second-order valence-electron chi connectivity index (χ2n) is 8.59. The van der Waals surface area contributed by atoms with Gasteiger partial charge in [-0.15, -0.1) is 10.2 Å². The second kappa shape index (κ2) is 12.9. The highest BCUT2D eigenvalue weighted by atomic mass is 35.5. The van der Waals surface area contributed by atoms with Crippen LogP contribution in [0.15, 0.2) is 58.7 Å². The normalized spacial score (nSPS) is 18.4. The fourth-order valence-corrected chi connectivity index (χ4v) is 5.70. The summed E-state index contributed by atoms with van der Waals surface area (Å²) >= 11 is 14.2. The lowest BCUT2D eigenvalue weighted by Crippen LogP contribution is -2.43. The van der Waals surface area contributed by atoms with E-state index in [9.17, 15) is 19.2 Å². The molecule has 0 aromatic heterocycles. The molecule has 1 atom stereocenters. The molecule has 204 valence electrons. The first-order valence-electron chi connectivity index (χ1n) is 11.9. The zero-order valence-corrected chi connectivity index (χ0v) is 24.0. The van der Waals surface area contributed by atoms with E-state index in [1.165, 1.54) is 33.3 Å². The topological polar surface area (TPSA) is 124 Å². The maximum absolute atomic E-state index is 13.1. The van der Waals surface area contributed by atoms with Crippen molar-refractivity contribution < 1.29 is 19.2 Å². The summed E-state index contributed by atoms with van der Waals surface area (Å²) in [5, 5.41) is 9.89. The molecule has 0 bridgehead atoms. The average Bonchev–Trinajstić information content (AvgIpc) is 3.48. The number of nitrogens with zero attached hydrogens (tertiary/aromatic N) is 4. The van der Waals surface area contributed by atoms with Gasteiger partial charge in [0.05, 0.1) is 22.9 Å². The number of thioether (sulfide) groups is 2. The second-order valence-corrected chi connectivity index (χ2v) is 11.4. The van der Waals surface area contributed by atoms with Crippen LogP contribution in [-0.4, -0.2) is 45.5 Å². The van der Waals surface area contributed by atoms with Crippen molar-refractivity contribution in [2.24, 2.45) is 22.0 Å². The third kappa shape index (κ3) is 6.75. The molecule has 14 heteroatoms. The monoisotopic (exact) mass is 606 g/mol. The highest BCUT2D eigenvalue weighted by molar-refractivity contribution is 8.15. The van der Waals surface area contributed by atoms with E-state index in [0.717, 1.165) is 0 Å². The van der Waals surface area contributed by atoms with Gasteiger partial charge in [-0.2, -0.15) is 0 Å². The highest BCUT2D eigenvalue weighted by Crippen LogP contribution is 2.29. The number of amidine groups is 2. The van der Waals surface area contributed by atoms with Crippen molar-refractivity contribution in [3.8, 4) is 0 Å². The predicted octanol–water partition coefficient (Wildman–Crippen LogP) is 4.29. The molecule has 0 aliphatic carbocycles. The van der Waals surface area contributed by atoms with Gasteiger partial charge in [0.25, 0.3) is 11.8 Å². The molecule has 2 fully saturated rings. The van der Waals surface area contributed by atoms with Crippen LogP contribution < -0.4 is 20.7 Å². The Balaban J connectivity index is 1.48. The van der Waals surface area contributed by atoms with E-state index < -0.39 is 17.7 Å². The largest absolute Gasteiger partial charge is 0.273 e. The van der Waals surface area contributed by atoms with E-state index in [0.29, 0.717) is 27.8 Å². The Morgan fingerprint density at radius 2 is 1.21 bits per heavy atom. The molecule has 0 radical (unpaired) electrons. The number of hydrazone groups is 2. The summed E-state index contributed by atoms with van der Waals surface area (Å²) in [7, 11) is 0. The van der Waals surface area contributed by atoms with Crippen molar-refractivity contribution in [2.75, 3.05) is 21.3 Å². The number of amides is 4. The fourth-order valence-electron chi connectivity index (χ4n) is 3.79. The minimum Gasteiger partial charge on any atom is -0.273 e. The minimum atomic E-state index is -1.12. The first-order valence-corrected chi connectivity index (χ1v) is 14.6. The Morgan fingerprint density at radius 1 is 0.821 bits per heavy atom. The number of carbonyl (C=O) groups is 4. The van der Waals surface area contributed by atoms with E-state index in [4.69, 9.17) is 23.2 Å². The Kier molecular flexibility index (Phi) is 9.54. The standard InChI is InChI=1S/C25H24Cl2N6O4S2/c1-3-14(2)21(22(36)28-30-24-32(19(34)12-38-24)17-8-4-15(26)5-9-17)23(37)29-31-25-33(20(35)13-39-25)18-10-6-16(27)7-11-18/h4-11,14,21H,3,12-13H2,1-2H3,(H,28,36)(H,29,37)/b30-24+,31-25+. The SMILES string of the molecule is CCC(C)C(C(=O)N/N=C1/SCC(=O)N1c1ccc(Cl)cc1)C(=O)N/N=C1/SCC(=O)N1c1ccc(Cl)cc1. The molecule has 39 heavy (non-hydrogen) atoms. The summed E-state index contributed by atoms with van der Waals surface area (Å²) in [5.74, 6) is -2.84. The molecule has 2 heterocycles. The number of nitrogens with one attached hydrogen (secondary N) is 2. The number of hydrogen-bond acceptors (Lipinski definition) is 8. The Hall–Kier alpha value is -3.06. The van der Waals surface area contributed by atoms with E-state index in [1.807, 2.05) is 6.92 Å². The molecular formula is C25H24Cl2N6O4S2. The van der Waals surface area contributed by atoms with Crippen LogP contribution in [0, 0.1) is 11.8 Å². The molecular weight excluding hydrogens is 583 g/mol. The molecule has 2 aliphatic heterocycles. The van der Waals surface area contributed by atoms with Gasteiger partial charge in [0, 0.05) is 10.0 Å². The molecule has 4 amide bonds. The van der Waals surface area contributed by atoms with Gasteiger partial charge in [0.2, 0.25) is 11.8 Å². The maximum Gasteiger partial charge on any atom is 0.253 e. The molecule has 0 saturated carbocycles. The molecule has 4 rings (SSSR count). The lowest BCUT2D eigenvalue weighted by atomic mass is 9.90. The van der Waals surface area contributed by atoms with Crippen LogP contribution in [0.5, 0.6) is 0 Å². The van der Waals surface area contributed by atoms with E-state index in [1.54, 1.807) is 55.5 Å². The molecule has 2 saturated heterocycles. The number of rotatable bonds is 8. The smallest absolute Gasteiger partial charge is 0.253 e. The molecule has 2 aliphatic rings. The average molecular weight is 608 g/mol. The lowest BCUT2D eigenvalue weighted by Gasteiger charge is -2.21. The number of carbonyl (C=O) groups excluding carboxylic acids is 4. The molecule has 2 aromatic rings. The van der Waals surface area contributed by atoms with Crippen LogP contribution in [-0.2, 0) is 19.2 Å². The summed E-state index contributed by atoms with van der Waals surface area (Å²) in [4.78, 5) is 53.9. The van der Waals surface area contributed by atoms with Crippen molar-refractivity contribution in [3.05, 3.63) is 58.6 Å². The summed E-state index contributed by atoms with van der Waals surface area (Å²) in [6.45, 7) is 3.63. The Labute approximate surface area is 243 Å². The molecule has 10 nitrogen and oxygen atoms in total. The van der Waals surface area contributed by atoms with Gasteiger partial charge >= 0.3 is 0 Å². The minimum absolute atomic E-state index is 0.157. The van der Waals surface area contributed by atoms with Crippen molar-refractivity contribution in [1.82, 2.24) is 10.9 Å². The fraction of sp³-hybridized carbons (Fsp3) is 0.280. The maximum atomic E-state index is 13.1. The lowest BCUT2D eigenvalue weighted by molar-refractivity contribution is -0.137. The predicted molar refractivity (Wildman–Crippen MR) is 157 cm³/mol. The van der Waals surface area contributed by atoms with E-state index in [-0.39, 0.29) is 39.6 Å². The summed E-state index contributed by atoms with van der Waals surface area (Å²) in [6, 6.07) is 13.3. The van der Waals surface area contributed by atoms with Gasteiger partial charge in [0.15, 0.2) is 10.3 Å². The van der Waals surface area contributed by atoms with Crippen molar-refractivity contribution in [2.45, 2.75) is 20.3 Å². The molecule has 1 unspecified atom stereocenters. The van der Waals surface area contributed by atoms with Crippen LogP contribution >= 0.6 is 46.7 Å². The third-order valence-electron chi connectivity index (χ3n) is 6.00. The van der Waals surface area contributed by atoms with Crippen molar-refractivity contribution in [3.63, 3.8) is 0 Å².